The lowest BCUT2D eigenvalue weighted by molar-refractivity contribution is 0.508. The van der Waals surface area contributed by atoms with Gasteiger partial charge in [0.1, 0.15) is 0 Å². The van der Waals surface area contributed by atoms with Crippen molar-refractivity contribution in [3.8, 4) is 11.3 Å². The van der Waals surface area contributed by atoms with Crippen LogP contribution in [0.15, 0.2) is 33.2 Å². The van der Waals surface area contributed by atoms with Gasteiger partial charge in [-0.25, -0.2) is 4.98 Å². The van der Waals surface area contributed by atoms with Crippen molar-refractivity contribution in [2.45, 2.75) is 13.3 Å². The molecule has 84 valence electrons. The Morgan fingerprint density at radius 2 is 2.25 bits per heavy atom. The summed E-state index contributed by atoms with van der Waals surface area (Å²) < 4.78 is 6.71. The molecule has 0 saturated carbocycles. The van der Waals surface area contributed by atoms with E-state index in [9.17, 15) is 0 Å². The Bertz CT molecular complexity index is 494. The van der Waals surface area contributed by atoms with Crippen LogP contribution in [0.3, 0.4) is 0 Å². The molecule has 0 spiro atoms. The van der Waals surface area contributed by atoms with Crippen LogP contribution in [0, 0.1) is 6.92 Å². The fourth-order valence-corrected chi connectivity index (χ4v) is 1.98. The molecule has 0 aliphatic rings. The van der Waals surface area contributed by atoms with E-state index < -0.39 is 0 Å². The molecule has 0 fully saturated rings. The first-order chi connectivity index (χ1) is 7.70. The van der Waals surface area contributed by atoms with Gasteiger partial charge in [-0.1, -0.05) is 28.1 Å². The van der Waals surface area contributed by atoms with Crippen molar-refractivity contribution in [2.75, 3.05) is 6.54 Å². The summed E-state index contributed by atoms with van der Waals surface area (Å²) in [6, 6.07) is 7.98. The fourth-order valence-electron chi connectivity index (χ4n) is 1.58. The van der Waals surface area contributed by atoms with Crippen molar-refractivity contribution in [1.29, 1.82) is 0 Å². The molecule has 0 aliphatic heterocycles. The molecule has 0 bridgehead atoms. The highest BCUT2D eigenvalue weighted by molar-refractivity contribution is 9.10. The Kier molecular flexibility index (Phi) is 3.41. The van der Waals surface area contributed by atoms with Gasteiger partial charge in [-0.15, -0.1) is 0 Å². The Morgan fingerprint density at radius 1 is 1.44 bits per heavy atom. The van der Waals surface area contributed by atoms with Gasteiger partial charge in [-0.2, -0.15) is 0 Å². The van der Waals surface area contributed by atoms with E-state index in [0.717, 1.165) is 21.5 Å². The molecule has 3 nitrogen and oxygen atoms in total. The van der Waals surface area contributed by atoms with Crippen molar-refractivity contribution < 1.29 is 4.42 Å². The van der Waals surface area contributed by atoms with Crippen LogP contribution in [-0.2, 0) is 6.42 Å². The molecule has 2 N–H and O–H groups in total. The van der Waals surface area contributed by atoms with Gasteiger partial charge in [0.05, 0.1) is 5.69 Å². The Hall–Kier alpha value is -1.13. The lowest BCUT2D eigenvalue weighted by atomic mass is 10.1. The molecule has 1 aromatic carbocycles. The van der Waals surface area contributed by atoms with Gasteiger partial charge < -0.3 is 10.2 Å². The predicted octanol–water partition coefficient (Wildman–Crippen LogP) is 2.91. The topological polar surface area (TPSA) is 52.0 Å². The molecule has 2 aromatic rings. The van der Waals surface area contributed by atoms with Gasteiger partial charge in [-0.3, -0.25) is 0 Å². The molecular formula is C12H13BrN2O. The minimum absolute atomic E-state index is 0.553. The van der Waals surface area contributed by atoms with Gasteiger partial charge in [0.15, 0.2) is 11.7 Å². The third-order valence-electron chi connectivity index (χ3n) is 2.29. The summed E-state index contributed by atoms with van der Waals surface area (Å²) in [6.07, 6.45) is 0.675. The number of rotatable bonds is 3. The monoisotopic (exact) mass is 280 g/mol. The van der Waals surface area contributed by atoms with Crippen LogP contribution in [0.2, 0.25) is 0 Å². The van der Waals surface area contributed by atoms with E-state index in [1.165, 1.54) is 0 Å². The molecule has 16 heavy (non-hydrogen) atoms. The average Bonchev–Trinajstić information content (AvgIpc) is 2.60. The lowest BCUT2D eigenvalue weighted by Crippen LogP contribution is -2.02. The van der Waals surface area contributed by atoms with E-state index in [-0.39, 0.29) is 0 Å². The van der Waals surface area contributed by atoms with Gasteiger partial charge in [0.2, 0.25) is 0 Å². The first-order valence-corrected chi connectivity index (χ1v) is 5.92. The van der Waals surface area contributed by atoms with Gasteiger partial charge in [0, 0.05) is 23.0 Å². The largest absolute Gasteiger partial charge is 0.440 e. The van der Waals surface area contributed by atoms with Crippen LogP contribution in [0.4, 0.5) is 0 Å². The second-order valence-electron chi connectivity index (χ2n) is 3.57. The minimum Gasteiger partial charge on any atom is -0.440 e. The van der Waals surface area contributed by atoms with Crippen LogP contribution in [0.5, 0.6) is 0 Å². The summed E-state index contributed by atoms with van der Waals surface area (Å²) in [7, 11) is 0. The van der Waals surface area contributed by atoms with Crippen molar-refractivity contribution in [1.82, 2.24) is 4.98 Å². The number of benzene rings is 1. The average molecular weight is 281 g/mol. The van der Waals surface area contributed by atoms with Crippen LogP contribution in [0.25, 0.3) is 11.3 Å². The molecule has 0 amide bonds. The molecule has 1 aromatic heterocycles. The second kappa shape index (κ2) is 4.80. The van der Waals surface area contributed by atoms with E-state index in [1.807, 2.05) is 31.2 Å². The molecule has 0 atom stereocenters. The van der Waals surface area contributed by atoms with E-state index in [2.05, 4.69) is 20.9 Å². The third kappa shape index (κ3) is 2.33. The molecule has 4 heteroatoms. The zero-order valence-electron chi connectivity index (χ0n) is 9.03. The van der Waals surface area contributed by atoms with Crippen molar-refractivity contribution >= 4 is 15.9 Å². The zero-order valence-corrected chi connectivity index (χ0v) is 10.6. The number of hydrogen-bond acceptors (Lipinski definition) is 3. The SMILES string of the molecule is Cc1nc(CCN)oc1-c1cccc(Br)c1. The highest BCUT2D eigenvalue weighted by Crippen LogP contribution is 2.26. The molecule has 0 saturated heterocycles. The molecule has 0 radical (unpaired) electrons. The number of nitrogens with two attached hydrogens (primary N) is 1. The highest BCUT2D eigenvalue weighted by Gasteiger charge is 2.11. The van der Waals surface area contributed by atoms with Crippen molar-refractivity contribution in [2.24, 2.45) is 5.73 Å². The second-order valence-corrected chi connectivity index (χ2v) is 4.49. The number of aromatic nitrogens is 1. The van der Waals surface area contributed by atoms with Gasteiger partial charge >= 0.3 is 0 Å². The number of nitrogens with zero attached hydrogens (tertiary/aromatic N) is 1. The number of hydrogen-bond donors (Lipinski definition) is 1. The summed E-state index contributed by atoms with van der Waals surface area (Å²) >= 11 is 3.44. The molecular weight excluding hydrogens is 268 g/mol. The van der Waals surface area contributed by atoms with Crippen molar-refractivity contribution in [3.05, 3.63) is 40.3 Å². The highest BCUT2D eigenvalue weighted by atomic mass is 79.9. The van der Waals surface area contributed by atoms with Crippen molar-refractivity contribution in [3.63, 3.8) is 0 Å². The van der Waals surface area contributed by atoms with Gasteiger partial charge in [-0.05, 0) is 19.1 Å². The van der Waals surface area contributed by atoms with Gasteiger partial charge in [0.25, 0.3) is 0 Å². The standard InChI is InChI=1S/C12H13BrN2O/c1-8-12(16-11(15-8)5-6-14)9-3-2-4-10(13)7-9/h2-4,7H,5-6,14H2,1H3. The smallest absolute Gasteiger partial charge is 0.196 e. The summed E-state index contributed by atoms with van der Waals surface area (Å²) in [4.78, 5) is 4.34. The zero-order chi connectivity index (χ0) is 11.5. The molecule has 2 rings (SSSR count). The Labute approximate surface area is 103 Å². The molecule has 1 heterocycles. The molecule has 0 aliphatic carbocycles. The predicted molar refractivity (Wildman–Crippen MR) is 67.1 cm³/mol. The van der Waals surface area contributed by atoms with Crippen LogP contribution in [0.1, 0.15) is 11.6 Å². The third-order valence-corrected chi connectivity index (χ3v) is 2.78. The Balaban J connectivity index is 2.40. The van der Waals surface area contributed by atoms with E-state index >= 15 is 0 Å². The number of aryl methyl sites for hydroxylation is 1. The Morgan fingerprint density at radius 3 is 2.94 bits per heavy atom. The normalized spacial score (nSPS) is 10.7. The van der Waals surface area contributed by atoms with Crippen LogP contribution in [-0.4, -0.2) is 11.5 Å². The van der Waals surface area contributed by atoms with Crippen LogP contribution >= 0.6 is 15.9 Å². The van der Waals surface area contributed by atoms with Crippen LogP contribution < -0.4 is 5.73 Å². The lowest BCUT2D eigenvalue weighted by Gasteiger charge is -1.98. The van der Waals surface area contributed by atoms with E-state index in [0.29, 0.717) is 18.9 Å². The summed E-state index contributed by atoms with van der Waals surface area (Å²) in [5.74, 6) is 1.53. The molecule has 0 unspecified atom stereocenters. The number of oxazole rings is 1. The maximum atomic E-state index is 5.68. The summed E-state index contributed by atoms with van der Waals surface area (Å²) in [5, 5.41) is 0. The maximum absolute atomic E-state index is 5.68. The maximum Gasteiger partial charge on any atom is 0.196 e. The summed E-state index contributed by atoms with van der Waals surface area (Å²) in [5.41, 5.74) is 7.41. The number of halogens is 1. The fraction of sp³-hybridized carbons (Fsp3) is 0.250. The first kappa shape index (κ1) is 11.4. The minimum atomic E-state index is 0.553. The first-order valence-electron chi connectivity index (χ1n) is 5.13. The van der Waals surface area contributed by atoms with E-state index in [1.54, 1.807) is 0 Å². The quantitative estimate of drug-likeness (QED) is 0.941. The summed E-state index contributed by atoms with van der Waals surface area (Å²) in [6.45, 7) is 2.50. The van der Waals surface area contributed by atoms with E-state index in [4.69, 9.17) is 10.2 Å².